The van der Waals surface area contributed by atoms with Gasteiger partial charge in [-0.1, -0.05) is 53.5 Å². The Morgan fingerprint density at radius 1 is 1.25 bits per heavy atom. The van der Waals surface area contributed by atoms with E-state index in [1.165, 1.54) is 6.20 Å². The molecule has 1 atom stereocenters. The molecule has 1 aromatic carbocycles. The number of carbonyl (C=O) groups excluding carboxylic acids is 1. The first-order chi connectivity index (χ1) is 11.6. The first-order valence-electron chi connectivity index (χ1n) is 7.54. The molecule has 0 aliphatic heterocycles. The lowest BCUT2D eigenvalue weighted by Crippen LogP contribution is -2.37. The second-order valence-electron chi connectivity index (χ2n) is 5.14. The fraction of sp³-hybridized carbons (Fsp3) is 0.294. The molecule has 0 aliphatic rings. The molecule has 24 heavy (non-hydrogen) atoms. The lowest BCUT2D eigenvalue weighted by atomic mass is 10.2. The van der Waals surface area contributed by atoms with Crippen molar-refractivity contribution in [2.75, 3.05) is 18.4 Å². The molecule has 7 heteroatoms. The van der Waals surface area contributed by atoms with Gasteiger partial charge in [-0.2, -0.15) is 0 Å². The number of nitrogens with zero attached hydrogens (tertiary/aromatic N) is 1. The summed E-state index contributed by atoms with van der Waals surface area (Å²) >= 11 is 11.8. The summed E-state index contributed by atoms with van der Waals surface area (Å²) in [7, 11) is 0. The number of ether oxygens (including phenoxy) is 1. The number of aromatic nitrogens is 1. The number of rotatable bonds is 8. The van der Waals surface area contributed by atoms with Gasteiger partial charge in [-0.05, 0) is 18.6 Å². The second kappa shape index (κ2) is 9.47. The molecule has 0 bridgehead atoms. The highest BCUT2D eigenvalue weighted by atomic mass is 35.5. The van der Waals surface area contributed by atoms with Gasteiger partial charge in [0, 0.05) is 19.3 Å². The van der Waals surface area contributed by atoms with E-state index in [9.17, 15) is 4.79 Å². The maximum absolute atomic E-state index is 12.0. The Bertz CT molecular complexity index is 668. The van der Waals surface area contributed by atoms with Crippen molar-refractivity contribution in [2.45, 2.75) is 19.6 Å². The van der Waals surface area contributed by atoms with Gasteiger partial charge in [0.25, 0.3) is 0 Å². The third kappa shape index (κ3) is 6.00. The topological polar surface area (TPSA) is 63.2 Å². The van der Waals surface area contributed by atoms with Gasteiger partial charge in [-0.3, -0.25) is 4.79 Å². The van der Waals surface area contributed by atoms with Gasteiger partial charge in [0.05, 0.1) is 16.7 Å². The monoisotopic (exact) mass is 367 g/mol. The highest BCUT2D eigenvalue weighted by Crippen LogP contribution is 2.21. The Kier molecular flexibility index (Phi) is 7.31. The van der Waals surface area contributed by atoms with Crippen molar-refractivity contribution < 1.29 is 9.53 Å². The molecule has 1 unspecified atom stereocenters. The number of anilines is 1. The van der Waals surface area contributed by atoms with E-state index in [2.05, 4.69) is 15.6 Å². The number of halogens is 2. The molecule has 1 heterocycles. The fourth-order valence-corrected chi connectivity index (χ4v) is 2.37. The van der Waals surface area contributed by atoms with E-state index in [-0.39, 0.29) is 5.91 Å². The van der Waals surface area contributed by atoms with Gasteiger partial charge in [-0.25, -0.2) is 4.98 Å². The number of benzene rings is 1. The number of carbonyl (C=O) groups is 1. The van der Waals surface area contributed by atoms with Gasteiger partial charge < -0.3 is 15.4 Å². The Morgan fingerprint density at radius 2 is 2.00 bits per heavy atom. The van der Waals surface area contributed by atoms with Gasteiger partial charge >= 0.3 is 0 Å². The van der Waals surface area contributed by atoms with Gasteiger partial charge in [0.15, 0.2) is 0 Å². The lowest BCUT2D eigenvalue weighted by molar-refractivity contribution is -0.132. The van der Waals surface area contributed by atoms with Crippen LogP contribution in [-0.2, 0) is 16.1 Å². The summed E-state index contributed by atoms with van der Waals surface area (Å²) in [5, 5.41) is 6.75. The second-order valence-corrected chi connectivity index (χ2v) is 5.98. The number of hydrogen-bond acceptors (Lipinski definition) is 4. The zero-order valence-electron chi connectivity index (χ0n) is 13.3. The van der Waals surface area contributed by atoms with Crippen molar-refractivity contribution in [3.8, 4) is 0 Å². The predicted molar refractivity (Wildman–Crippen MR) is 96.4 cm³/mol. The van der Waals surface area contributed by atoms with Gasteiger partial charge in [0.1, 0.15) is 11.9 Å². The van der Waals surface area contributed by atoms with E-state index >= 15 is 0 Å². The van der Waals surface area contributed by atoms with E-state index in [1.807, 2.05) is 30.3 Å². The van der Waals surface area contributed by atoms with Crippen LogP contribution in [0, 0.1) is 0 Å². The standard InChI is InChI=1S/C17H19Cl2N3O2/c1-12(24-11-13-5-3-2-4-6-13)17(23)21-8-7-20-16-15(19)9-14(18)10-22-16/h2-6,9-10,12H,7-8,11H2,1H3,(H,20,22)(H,21,23). The van der Waals surface area contributed by atoms with Gasteiger partial charge in [-0.15, -0.1) is 0 Å². The van der Waals surface area contributed by atoms with Crippen LogP contribution in [0.25, 0.3) is 0 Å². The average Bonchev–Trinajstić information content (AvgIpc) is 2.58. The zero-order chi connectivity index (χ0) is 17.4. The maximum atomic E-state index is 12.0. The Morgan fingerprint density at radius 3 is 2.71 bits per heavy atom. The first-order valence-corrected chi connectivity index (χ1v) is 8.30. The van der Waals surface area contributed by atoms with E-state index < -0.39 is 6.10 Å². The van der Waals surface area contributed by atoms with E-state index in [0.717, 1.165) is 5.56 Å². The molecule has 128 valence electrons. The normalized spacial score (nSPS) is 11.8. The van der Waals surface area contributed by atoms with Crippen LogP contribution in [0.15, 0.2) is 42.6 Å². The number of pyridine rings is 1. The van der Waals surface area contributed by atoms with Crippen molar-refractivity contribution in [1.29, 1.82) is 0 Å². The quantitative estimate of drug-likeness (QED) is 0.700. The van der Waals surface area contributed by atoms with Crippen LogP contribution in [0.4, 0.5) is 5.82 Å². The van der Waals surface area contributed by atoms with Crippen LogP contribution < -0.4 is 10.6 Å². The first kappa shape index (κ1) is 18.5. The SMILES string of the molecule is CC(OCc1ccccc1)C(=O)NCCNc1ncc(Cl)cc1Cl. The van der Waals surface area contributed by atoms with Crippen molar-refractivity contribution in [1.82, 2.24) is 10.3 Å². The molecule has 5 nitrogen and oxygen atoms in total. The predicted octanol–water partition coefficient (Wildman–Crippen LogP) is 3.52. The largest absolute Gasteiger partial charge is 0.367 e. The molecular weight excluding hydrogens is 349 g/mol. The van der Waals surface area contributed by atoms with E-state index in [4.69, 9.17) is 27.9 Å². The van der Waals surface area contributed by atoms with E-state index in [0.29, 0.717) is 35.6 Å². The van der Waals surface area contributed by atoms with Crippen LogP contribution >= 0.6 is 23.2 Å². The zero-order valence-corrected chi connectivity index (χ0v) is 14.8. The Balaban J connectivity index is 1.67. The van der Waals surface area contributed by atoms with Crippen LogP contribution in [0.3, 0.4) is 0 Å². The summed E-state index contributed by atoms with van der Waals surface area (Å²) in [6.45, 7) is 3.05. The van der Waals surface area contributed by atoms with Crippen LogP contribution in [0.2, 0.25) is 10.0 Å². The Labute approximate surface area is 151 Å². The van der Waals surface area contributed by atoms with Crippen molar-refractivity contribution in [2.24, 2.45) is 0 Å². The van der Waals surface area contributed by atoms with Crippen LogP contribution in [0.5, 0.6) is 0 Å². The summed E-state index contributed by atoms with van der Waals surface area (Å²) in [6.07, 6.45) is 0.982. The molecule has 1 amide bonds. The summed E-state index contributed by atoms with van der Waals surface area (Å²) in [5.74, 6) is 0.367. The van der Waals surface area contributed by atoms with Crippen molar-refractivity contribution in [3.63, 3.8) is 0 Å². The minimum absolute atomic E-state index is 0.164. The molecule has 0 fully saturated rings. The third-order valence-corrected chi connectivity index (χ3v) is 3.73. The number of amides is 1. The van der Waals surface area contributed by atoms with Crippen molar-refractivity contribution in [3.05, 3.63) is 58.2 Å². The summed E-state index contributed by atoms with van der Waals surface area (Å²) in [5.41, 5.74) is 1.03. The molecule has 0 spiro atoms. The molecule has 1 aromatic heterocycles. The van der Waals surface area contributed by atoms with Crippen molar-refractivity contribution >= 4 is 34.9 Å². The molecule has 2 N–H and O–H groups in total. The highest BCUT2D eigenvalue weighted by Gasteiger charge is 2.12. The molecule has 0 radical (unpaired) electrons. The van der Waals surface area contributed by atoms with Gasteiger partial charge in [0.2, 0.25) is 5.91 Å². The minimum atomic E-state index is -0.526. The maximum Gasteiger partial charge on any atom is 0.248 e. The van der Waals surface area contributed by atoms with Crippen LogP contribution in [0.1, 0.15) is 12.5 Å². The molecule has 2 rings (SSSR count). The Hall–Kier alpha value is -1.82. The summed E-state index contributed by atoms with van der Waals surface area (Å²) in [4.78, 5) is 16.0. The van der Waals surface area contributed by atoms with E-state index in [1.54, 1.807) is 13.0 Å². The summed E-state index contributed by atoms with van der Waals surface area (Å²) in [6, 6.07) is 11.3. The molecule has 2 aromatic rings. The molecule has 0 saturated heterocycles. The number of nitrogens with one attached hydrogen (secondary N) is 2. The highest BCUT2D eigenvalue weighted by molar-refractivity contribution is 6.35. The molecule has 0 aliphatic carbocycles. The van der Waals surface area contributed by atoms with Crippen LogP contribution in [-0.4, -0.2) is 30.1 Å². The fourth-order valence-electron chi connectivity index (χ4n) is 1.93. The summed E-state index contributed by atoms with van der Waals surface area (Å²) < 4.78 is 5.56. The molecule has 0 saturated carbocycles. The number of hydrogen-bond donors (Lipinski definition) is 2. The third-order valence-electron chi connectivity index (χ3n) is 3.24. The molecular formula is C17H19Cl2N3O2. The average molecular weight is 368 g/mol. The lowest BCUT2D eigenvalue weighted by Gasteiger charge is -2.14. The minimum Gasteiger partial charge on any atom is -0.367 e. The smallest absolute Gasteiger partial charge is 0.248 e.